The smallest absolute Gasteiger partial charge is 0.250 e. The summed E-state index contributed by atoms with van der Waals surface area (Å²) >= 11 is 2.87. The summed E-state index contributed by atoms with van der Waals surface area (Å²) in [5, 5.41) is 0.264. The van der Waals surface area contributed by atoms with E-state index >= 15 is 0 Å². The number of rotatable bonds is 6. The quantitative estimate of drug-likeness (QED) is 0.835. The van der Waals surface area contributed by atoms with E-state index in [9.17, 15) is 8.42 Å². The van der Waals surface area contributed by atoms with Gasteiger partial charge in [-0.15, -0.1) is 11.3 Å². The highest BCUT2D eigenvalue weighted by Gasteiger charge is 2.18. The van der Waals surface area contributed by atoms with E-state index in [1.54, 1.807) is 17.8 Å². The van der Waals surface area contributed by atoms with Crippen molar-refractivity contribution in [2.75, 3.05) is 12.8 Å². The SMILES string of the molecule is CSC(C)CNS(=O)(=O)c1cc(C)c(CN)s1. The van der Waals surface area contributed by atoms with Gasteiger partial charge in [-0.05, 0) is 24.8 Å². The Morgan fingerprint density at radius 1 is 1.59 bits per heavy atom. The molecule has 0 aliphatic rings. The van der Waals surface area contributed by atoms with Crippen LogP contribution in [0.2, 0.25) is 0 Å². The minimum absolute atomic E-state index is 0.264. The highest BCUT2D eigenvalue weighted by Crippen LogP contribution is 2.25. The van der Waals surface area contributed by atoms with Crippen LogP contribution in [0, 0.1) is 6.92 Å². The molecule has 0 radical (unpaired) electrons. The Morgan fingerprint density at radius 2 is 2.24 bits per heavy atom. The molecule has 0 fully saturated rings. The largest absolute Gasteiger partial charge is 0.326 e. The van der Waals surface area contributed by atoms with E-state index in [0.29, 0.717) is 17.3 Å². The van der Waals surface area contributed by atoms with Crippen molar-refractivity contribution in [3.63, 3.8) is 0 Å². The third-order valence-corrected chi connectivity index (χ3v) is 6.54. The number of aryl methyl sites for hydroxylation is 1. The van der Waals surface area contributed by atoms with E-state index in [-0.39, 0.29) is 5.25 Å². The summed E-state index contributed by atoms with van der Waals surface area (Å²) in [5.74, 6) is 0. The number of thiophene rings is 1. The Morgan fingerprint density at radius 3 is 2.71 bits per heavy atom. The van der Waals surface area contributed by atoms with Crippen LogP contribution in [0.15, 0.2) is 10.3 Å². The molecule has 4 nitrogen and oxygen atoms in total. The first-order chi connectivity index (χ1) is 7.90. The van der Waals surface area contributed by atoms with Gasteiger partial charge in [-0.1, -0.05) is 6.92 Å². The van der Waals surface area contributed by atoms with Crippen molar-refractivity contribution in [2.45, 2.75) is 29.9 Å². The zero-order valence-electron chi connectivity index (χ0n) is 10.2. The molecule has 0 aliphatic carbocycles. The summed E-state index contributed by atoms with van der Waals surface area (Å²) in [6.45, 7) is 4.69. The number of sulfonamides is 1. The molecule has 7 heteroatoms. The second-order valence-electron chi connectivity index (χ2n) is 3.77. The first kappa shape index (κ1) is 15.0. The first-order valence-electron chi connectivity index (χ1n) is 5.22. The molecule has 98 valence electrons. The summed E-state index contributed by atoms with van der Waals surface area (Å²) in [4.78, 5) is 0.920. The number of hydrogen-bond acceptors (Lipinski definition) is 5. The Labute approximate surface area is 111 Å². The number of nitrogens with one attached hydrogen (secondary N) is 1. The molecule has 0 saturated heterocycles. The van der Waals surface area contributed by atoms with Gasteiger partial charge in [-0.3, -0.25) is 0 Å². The van der Waals surface area contributed by atoms with Gasteiger partial charge in [-0.25, -0.2) is 13.1 Å². The summed E-state index contributed by atoms with van der Waals surface area (Å²) in [7, 11) is -3.38. The predicted octanol–water partition coefficient (Wildman–Crippen LogP) is 1.55. The van der Waals surface area contributed by atoms with Crippen molar-refractivity contribution in [1.82, 2.24) is 4.72 Å². The molecule has 0 amide bonds. The minimum atomic E-state index is -3.38. The van der Waals surface area contributed by atoms with E-state index in [1.165, 1.54) is 11.3 Å². The first-order valence-corrected chi connectivity index (χ1v) is 8.81. The maximum Gasteiger partial charge on any atom is 0.250 e. The average molecular weight is 294 g/mol. The van der Waals surface area contributed by atoms with Gasteiger partial charge in [0, 0.05) is 23.2 Å². The number of thioether (sulfide) groups is 1. The molecule has 0 spiro atoms. The lowest BCUT2D eigenvalue weighted by Crippen LogP contribution is -2.28. The van der Waals surface area contributed by atoms with Gasteiger partial charge in [0.1, 0.15) is 4.21 Å². The van der Waals surface area contributed by atoms with E-state index in [4.69, 9.17) is 5.73 Å². The van der Waals surface area contributed by atoms with Crippen LogP contribution in [0.25, 0.3) is 0 Å². The van der Waals surface area contributed by atoms with E-state index in [2.05, 4.69) is 4.72 Å². The van der Waals surface area contributed by atoms with Crippen LogP contribution in [0.4, 0.5) is 0 Å². The normalized spacial score (nSPS) is 13.9. The Bertz CT molecular complexity index is 468. The summed E-state index contributed by atoms with van der Waals surface area (Å²) < 4.78 is 26.9. The molecule has 0 bridgehead atoms. The third-order valence-electron chi connectivity index (χ3n) is 2.41. The highest BCUT2D eigenvalue weighted by molar-refractivity contribution is 7.99. The lowest BCUT2D eigenvalue weighted by molar-refractivity contribution is 0.583. The molecule has 1 atom stereocenters. The van der Waals surface area contributed by atoms with Crippen LogP contribution in [0.3, 0.4) is 0 Å². The van der Waals surface area contributed by atoms with Crippen LogP contribution < -0.4 is 10.5 Å². The van der Waals surface area contributed by atoms with Gasteiger partial charge in [0.2, 0.25) is 10.0 Å². The summed E-state index contributed by atoms with van der Waals surface area (Å²) in [5.41, 5.74) is 6.48. The van der Waals surface area contributed by atoms with Gasteiger partial charge in [0.15, 0.2) is 0 Å². The van der Waals surface area contributed by atoms with E-state index < -0.39 is 10.0 Å². The predicted molar refractivity (Wildman–Crippen MR) is 75.1 cm³/mol. The second kappa shape index (κ2) is 6.19. The maximum atomic E-state index is 12.0. The summed E-state index contributed by atoms with van der Waals surface area (Å²) in [6.07, 6.45) is 1.96. The molecule has 1 heterocycles. The second-order valence-corrected chi connectivity index (χ2v) is 8.18. The third kappa shape index (κ3) is 3.96. The van der Waals surface area contributed by atoms with Crippen molar-refractivity contribution >= 4 is 33.1 Å². The molecule has 17 heavy (non-hydrogen) atoms. The van der Waals surface area contributed by atoms with Gasteiger partial charge in [0.25, 0.3) is 0 Å². The fourth-order valence-corrected chi connectivity index (χ4v) is 4.20. The zero-order chi connectivity index (χ0) is 13.1. The fraction of sp³-hybridized carbons (Fsp3) is 0.600. The molecule has 1 aromatic heterocycles. The molecule has 1 unspecified atom stereocenters. The molecular formula is C10H18N2O2S3. The van der Waals surface area contributed by atoms with Gasteiger partial charge in [-0.2, -0.15) is 11.8 Å². The van der Waals surface area contributed by atoms with Crippen molar-refractivity contribution < 1.29 is 8.42 Å². The van der Waals surface area contributed by atoms with Gasteiger partial charge >= 0.3 is 0 Å². The van der Waals surface area contributed by atoms with Crippen LogP contribution in [-0.2, 0) is 16.6 Å². The molecule has 3 N–H and O–H groups in total. The van der Waals surface area contributed by atoms with Crippen LogP contribution in [0.5, 0.6) is 0 Å². The average Bonchev–Trinajstić information content (AvgIpc) is 2.68. The zero-order valence-corrected chi connectivity index (χ0v) is 12.6. The van der Waals surface area contributed by atoms with Crippen molar-refractivity contribution in [2.24, 2.45) is 5.73 Å². The standard InChI is InChI=1S/C10H18N2O2S3/c1-7-4-10(16-9(7)5-11)17(13,14)12-6-8(2)15-3/h4,8,12H,5-6,11H2,1-3H3. The fourth-order valence-electron chi connectivity index (χ4n) is 1.21. The van der Waals surface area contributed by atoms with Gasteiger partial charge < -0.3 is 5.73 Å². The lowest BCUT2D eigenvalue weighted by atomic mass is 10.3. The summed E-state index contributed by atoms with van der Waals surface area (Å²) in [6, 6.07) is 1.68. The van der Waals surface area contributed by atoms with Crippen molar-refractivity contribution in [1.29, 1.82) is 0 Å². The molecule has 0 aliphatic heterocycles. The monoisotopic (exact) mass is 294 g/mol. The minimum Gasteiger partial charge on any atom is -0.326 e. The van der Waals surface area contributed by atoms with Crippen LogP contribution in [0.1, 0.15) is 17.4 Å². The van der Waals surface area contributed by atoms with Crippen LogP contribution >= 0.6 is 23.1 Å². The van der Waals surface area contributed by atoms with Crippen molar-refractivity contribution in [3.8, 4) is 0 Å². The Balaban J connectivity index is 2.82. The van der Waals surface area contributed by atoms with Crippen molar-refractivity contribution in [3.05, 3.63) is 16.5 Å². The number of nitrogens with two attached hydrogens (primary N) is 1. The molecule has 1 aromatic rings. The van der Waals surface area contributed by atoms with Crippen LogP contribution in [-0.4, -0.2) is 26.5 Å². The Hall–Kier alpha value is -0.0800. The molecule has 0 aromatic carbocycles. The maximum absolute atomic E-state index is 12.0. The topological polar surface area (TPSA) is 72.2 Å². The van der Waals surface area contributed by atoms with Gasteiger partial charge in [0.05, 0.1) is 0 Å². The molecule has 0 saturated carbocycles. The number of hydrogen-bond donors (Lipinski definition) is 2. The Kier molecular flexibility index (Phi) is 5.46. The molecular weight excluding hydrogens is 276 g/mol. The van der Waals surface area contributed by atoms with E-state index in [0.717, 1.165) is 10.4 Å². The lowest BCUT2D eigenvalue weighted by Gasteiger charge is -2.09. The molecule has 1 rings (SSSR count). The highest BCUT2D eigenvalue weighted by atomic mass is 32.2. The van der Waals surface area contributed by atoms with E-state index in [1.807, 2.05) is 20.1 Å².